The minimum atomic E-state index is -0.801. The largest absolute Gasteiger partial charge is 0.497 e. The lowest BCUT2D eigenvalue weighted by molar-refractivity contribution is -0.141. The lowest BCUT2D eigenvalue weighted by atomic mass is 9.93. The van der Waals surface area contributed by atoms with Crippen molar-refractivity contribution in [3.8, 4) is 5.75 Å². The van der Waals surface area contributed by atoms with Crippen LogP contribution in [0.4, 0.5) is 5.69 Å². The van der Waals surface area contributed by atoms with Gasteiger partial charge in [-0.05, 0) is 49.9 Å². The van der Waals surface area contributed by atoms with E-state index in [1.807, 2.05) is 38.1 Å². The summed E-state index contributed by atoms with van der Waals surface area (Å²) >= 11 is 0. The first kappa shape index (κ1) is 17.5. The molecule has 0 spiro atoms. The van der Waals surface area contributed by atoms with Crippen LogP contribution in [0.15, 0.2) is 24.3 Å². The normalized spacial score (nSPS) is 13.8. The standard InChI is InChI=1S/C17H27NO3/c1-6-11-21-17(4,12-13(2)3)16(19)18-14-7-9-15(20-5)10-8-14/h7-10,13H,6,11-12H2,1-5H3,(H,18,19)/t17-/m1/s1. The Morgan fingerprint density at radius 1 is 1.29 bits per heavy atom. The Balaban J connectivity index is 2.78. The molecule has 118 valence electrons. The van der Waals surface area contributed by atoms with Gasteiger partial charge in [-0.15, -0.1) is 0 Å². The monoisotopic (exact) mass is 293 g/mol. The van der Waals surface area contributed by atoms with Crippen LogP contribution in [0.1, 0.15) is 40.5 Å². The summed E-state index contributed by atoms with van der Waals surface area (Å²) in [6.07, 6.45) is 1.58. The molecule has 0 heterocycles. The molecule has 0 fully saturated rings. The van der Waals surface area contributed by atoms with E-state index in [2.05, 4.69) is 19.2 Å². The molecule has 0 aliphatic carbocycles. The Labute approximate surface area is 127 Å². The van der Waals surface area contributed by atoms with Gasteiger partial charge in [-0.1, -0.05) is 20.8 Å². The van der Waals surface area contributed by atoms with Gasteiger partial charge in [-0.3, -0.25) is 4.79 Å². The third-order valence-corrected chi connectivity index (χ3v) is 3.25. The second-order valence-corrected chi connectivity index (χ2v) is 5.86. The zero-order valence-corrected chi connectivity index (χ0v) is 13.7. The van der Waals surface area contributed by atoms with Crippen molar-refractivity contribution >= 4 is 11.6 Å². The molecule has 4 heteroatoms. The number of nitrogens with one attached hydrogen (secondary N) is 1. The predicted molar refractivity (Wildman–Crippen MR) is 85.7 cm³/mol. The van der Waals surface area contributed by atoms with Crippen molar-refractivity contribution in [3.63, 3.8) is 0 Å². The average molecular weight is 293 g/mol. The summed E-state index contributed by atoms with van der Waals surface area (Å²) in [4.78, 5) is 12.6. The first-order valence-electron chi connectivity index (χ1n) is 7.50. The predicted octanol–water partition coefficient (Wildman–Crippen LogP) is 3.87. The van der Waals surface area contributed by atoms with Crippen LogP contribution >= 0.6 is 0 Å². The van der Waals surface area contributed by atoms with Gasteiger partial charge < -0.3 is 14.8 Å². The van der Waals surface area contributed by atoms with Gasteiger partial charge in [-0.25, -0.2) is 0 Å². The summed E-state index contributed by atoms with van der Waals surface area (Å²) in [6.45, 7) is 8.67. The molecule has 1 rings (SSSR count). The number of hydrogen-bond donors (Lipinski definition) is 1. The number of ether oxygens (including phenoxy) is 2. The van der Waals surface area contributed by atoms with Crippen molar-refractivity contribution in [1.82, 2.24) is 0 Å². The molecule has 0 aliphatic heterocycles. The van der Waals surface area contributed by atoms with Crippen LogP contribution in [0.5, 0.6) is 5.75 Å². The Kier molecular flexibility index (Phi) is 6.69. The zero-order valence-electron chi connectivity index (χ0n) is 13.7. The number of amides is 1. The summed E-state index contributed by atoms with van der Waals surface area (Å²) in [6, 6.07) is 7.29. The second-order valence-electron chi connectivity index (χ2n) is 5.86. The number of benzene rings is 1. The van der Waals surface area contributed by atoms with Gasteiger partial charge in [0.05, 0.1) is 7.11 Å². The smallest absolute Gasteiger partial charge is 0.256 e. The van der Waals surface area contributed by atoms with Gasteiger partial charge in [0, 0.05) is 12.3 Å². The Morgan fingerprint density at radius 3 is 2.38 bits per heavy atom. The molecule has 0 saturated carbocycles. The Morgan fingerprint density at radius 2 is 1.90 bits per heavy atom. The van der Waals surface area contributed by atoms with Gasteiger partial charge in [0.25, 0.3) is 5.91 Å². The fourth-order valence-electron chi connectivity index (χ4n) is 2.26. The van der Waals surface area contributed by atoms with E-state index < -0.39 is 5.60 Å². The molecule has 0 aromatic heterocycles. The summed E-state index contributed by atoms with van der Waals surface area (Å²) < 4.78 is 10.9. The van der Waals surface area contributed by atoms with E-state index in [9.17, 15) is 4.79 Å². The number of carbonyl (C=O) groups excluding carboxylic acids is 1. The van der Waals surface area contributed by atoms with Crippen LogP contribution in [-0.4, -0.2) is 25.2 Å². The lowest BCUT2D eigenvalue weighted by Gasteiger charge is -2.30. The highest BCUT2D eigenvalue weighted by Gasteiger charge is 2.34. The summed E-state index contributed by atoms with van der Waals surface area (Å²) in [5, 5.41) is 2.93. The quantitative estimate of drug-likeness (QED) is 0.791. The highest BCUT2D eigenvalue weighted by Crippen LogP contribution is 2.24. The molecular weight excluding hydrogens is 266 g/mol. The average Bonchev–Trinajstić information content (AvgIpc) is 2.45. The Bertz CT molecular complexity index is 442. The number of anilines is 1. The van der Waals surface area contributed by atoms with Gasteiger partial charge in [0.1, 0.15) is 11.4 Å². The lowest BCUT2D eigenvalue weighted by Crippen LogP contribution is -2.44. The second kappa shape index (κ2) is 8.03. The third kappa shape index (κ3) is 5.38. The number of rotatable bonds is 8. The first-order valence-corrected chi connectivity index (χ1v) is 7.50. The van der Waals surface area contributed by atoms with Crippen molar-refractivity contribution in [2.75, 3.05) is 19.0 Å². The number of carbonyl (C=O) groups is 1. The topological polar surface area (TPSA) is 47.6 Å². The molecule has 4 nitrogen and oxygen atoms in total. The van der Waals surface area contributed by atoms with Gasteiger partial charge in [-0.2, -0.15) is 0 Å². The maximum atomic E-state index is 12.6. The van der Waals surface area contributed by atoms with E-state index in [0.717, 1.165) is 17.9 Å². The molecule has 21 heavy (non-hydrogen) atoms. The Hall–Kier alpha value is -1.55. The molecule has 1 aromatic rings. The van der Waals surface area contributed by atoms with Crippen molar-refractivity contribution in [1.29, 1.82) is 0 Å². The van der Waals surface area contributed by atoms with Crippen molar-refractivity contribution in [3.05, 3.63) is 24.3 Å². The highest BCUT2D eigenvalue weighted by atomic mass is 16.5. The van der Waals surface area contributed by atoms with E-state index >= 15 is 0 Å². The maximum absolute atomic E-state index is 12.6. The molecule has 0 aliphatic rings. The van der Waals surface area contributed by atoms with E-state index in [1.165, 1.54) is 0 Å². The van der Waals surface area contributed by atoms with Crippen LogP contribution in [0.2, 0.25) is 0 Å². The molecule has 0 unspecified atom stereocenters. The highest BCUT2D eigenvalue weighted by molar-refractivity contribution is 5.97. The van der Waals surface area contributed by atoms with Gasteiger partial charge in [0.15, 0.2) is 0 Å². The van der Waals surface area contributed by atoms with Gasteiger partial charge >= 0.3 is 0 Å². The van der Waals surface area contributed by atoms with Crippen molar-refractivity contribution < 1.29 is 14.3 Å². The molecule has 1 N–H and O–H groups in total. The minimum absolute atomic E-state index is 0.102. The van der Waals surface area contributed by atoms with E-state index in [4.69, 9.17) is 9.47 Å². The van der Waals surface area contributed by atoms with Crippen molar-refractivity contribution in [2.24, 2.45) is 5.92 Å². The maximum Gasteiger partial charge on any atom is 0.256 e. The van der Waals surface area contributed by atoms with E-state index in [-0.39, 0.29) is 5.91 Å². The summed E-state index contributed by atoms with van der Waals surface area (Å²) in [5.74, 6) is 1.04. The molecule has 1 amide bonds. The van der Waals surface area contributed by atoms with E-state index in [0.29, 0.717) is 18.9 Å². The number of hydrogen-bond acceptors (Lipinski definition) is 3. The van der Waals surface area contributed by atoms with Crippen molar-refractivity contribution in [2.45, 2.75) is 46.1 Å². The molecule has 0 radical (unpaired) electrons. The van der Waals surface area contributed by atoms with Crippen LogP contribution < -0.4 is 10.1 Å². The fourth-order valence-corrected chi connectivity index (χ4v) is 2.26. The molecule has 1 atom stereocenters. The summed E-state index contributed by atoms with van der Waals surface area (Å²) in [5.41, 5.74) is -0.0553. The molecule has 0 bridgehead atoms. The molecular formula is C17H27NO3. The molecule has 1 aromatic carbocycles. The van der Waals surface area contributed by atoms with Crippen LogP contribution in [0.25, 0.3) is 0 Å². The van der Waals surface area contributed by atoms with Crippen LogP contribution in [-0.2, 0) is 9.53 Å². The number of methoxy groups -OCH3 is 1. The fraction of sp³-hybridized carbons (Fsp3) is 0.588. The van der Waals surface area contributed by atoms with Gasteiger partial charge in [0.2, 0.25) is 0 Å². The van der Waals surface area contributed by atoms with E-state index in [1.54, 1.807) is 7.11 Å². The van der Waals surface area contributed by atoms with Crippen LogP contribution in [0, 0.1) is 5.92 Å². The third-order valence-electron chi connectivity index (χ3n) is 3.25. The summed E-state index contributed by atoms with van der Waals surface area (Å²) in [7, 11) is 1.62. The SMILES string of the molecule is CCCO[C@](C)(CC(C)C)C(=O)Nc1ccc(OC)cc1. The van der Waals surface area contributed by atoms with Crippen LogP contribution in [0.3, 0.4) is 0 Å². The molecule has 0 saturated heterocycles. The first-order chi connectivity index (χ1) is 9.91. The zero-order chi connectivity index (χ0) is 15.9. The minimum Gasteiger partial charge on any atom is -0.497 e.